The van der Waals surface area contributed by atoms with Crippen molar-refractivity contribution in [2.24, 2.45) is 5.14 Å². The third kappa shape index (κ3) is 5.68. The third-order valence-corrected chi connectivity index (χ3v) is 6.08. The summed E-state index contributed by atoms with van der Waals surface area (Å²) >= 11 is 12.4. The highest BCUT2D eigenvalue weighted by molar-refractivity contribution is 7.89. The maximum absolute atomic E-state index is 12.4. The van der Waals surface area contributed by atoms with Gasteiger partial charge in [-0.1, -0.05) is 35.3 Å². The monoisotopic (exact) mass is 494 g/mol. The number of aromatic nitrogens is 2. The van der Waals surface area contributed by atoms with Crippen molar-refractivity contribution in [1.29, 1.82) is 0 Å². The summed E-state index contributed by atoms with van der Waals surface area (Å²) in [5, 5.41) is 13.2. The van der Waals surface area contributed by atoms with E-state index in [2.05, 4.69) is 10.4 Å². The highest BCUT2D eigenvalue weighted by Crippen LogP contribution is 2.26. The van der Waals surface area contributed by atoms with Crippen LogP contribution in [-0.2, 0) is 21.4 Å². The molecule has 0 aliphatic heterocycles. The molecule has 0 aliphatic carbocycles. The minimum absolute atomic E-state index is 0.0801. The molecule has 1 aromatic heterocycles. The van der Waals surface area contributed by atoms with E-state index in [0.717, 1.165) is 5.56 Å². The van der Waals surface area contributed by atoms with Gasteiger partial charge in [0.1, 0.15) is 15.8 Å². The number of hydrogen-bond acceptors (Lipinski definition) is 5. The van der Waals surface area contributed by atoms with Crippen LogP contribution in [0.5, 0.6) is 5.75 Å². The summed E-state index contributed by atoms with van der Waals surface area (Å²) in [6, 6.07) is 11.5. The normalized spacial score (nSPS) is 11.7. The SMILES string of the molecule is COc1ccc(NC(=O)/C=C/c2c(C)nn(Cc3ccc(Cl)cc3)c2Cl)cc1S(N)(=O)=O. The Bertz CT molecular complexity index is 1290. The molecule has 0 saturated heterocycles. The van der Waals surface area contributed by atoms with Crippen molar-refractivity contribution in [1.82, 2.24) is 9.78 Å². The fourth-order valence-corrected chi connectivity index (χ4v) is 4.09. The summed E-state index contributed by atoms with van der Waals surface area (Å²) in [6.07, 6.45) is 2.83. The molecule has 2 aromatic carbocycles. The first-order chi connectivity index (χ1) is 15.1. The van der Waals surface area contributed by atoms with E-state index in [4.69, 9.17) is 33.1 Å². The molecule has 3 rings (SSSR count). The second-order valence-electron chi connectivity index (χ2n) is 6.81. The predicted octanol–water partition coefficient (Wildman–Crippen LogP) is 3.85. The number of anilines is 1. The van der Waals surface area contributed by atoms with E-state index in [-0.39, 0.29) is 16.3 Å². The summed E-state index contributed by atoms with van der Waals surface area (Å²) < 4.78 is 30.1. The Morgan fingerprint density at radius 2 is 1.91 bits per heavy atom. The van der Waals surface area contributed by atoms with Crippen LogP contribution in [-0.4, -0.2) is 31.2 Å². The number of methoxy groups -OCH3 is 1. The Hall–Kier alpha value is -2.85. The number of carbonyl (C=O) groups excluding carboxylic acids is 1. The molecule has 1 amide bonds. The minimum atomic E-state index is -4.03. The molecule has 0 unspecified atom stereocenters. The van der Waals surface area contributed by atoms with Gasteiger partial charge in [-0.25, -0.2) is 18.2 Å². The van der Waals surface area contributed by atoms with Crippen molar-refractivity contribution < 1.29 is 17.9 Å². The number of carbonyl (C=O) groups is 1. The molecule has 0 spiro atoms. The molecular weight excluding hydrogens is 475 g/mol. The quantitative estimate of drug-likeness (QED) is 0.483. The van der Waals surface area contributed by atoms with E-state index in [9.17, 15) is 13.2 Å². The smallest absolute Gasteiger partial charge is 0.248 e. The lowest BCUT2D eigenvalue weighted by molar-refractivity contribution is -0.111. The first kappa shape index (κ1) is 23.8. The lowest BCUT2D eigenvalue weighted by Crippen LogP contribution is -2.15. The number of primary sulfonamides is 1. The van der Waals surface area contributed by atoms with E-state index in [0.29, 0.717) is 28.0 Å². The number of rotatable bonds is 7. The maximum atomic E-state index is 12.4. The average Bonchev–Trinajstić information content (AvgIpc) is 3.00. The summed E-state index contributed by atoms with van der Waals surface area (Å²) in [7, 11) is -2.70. The van der Waals surface area contributed by atoms with Crippen LogP contribution in [0.15, 0.2) is 53.4 Å². The first-order valence-corrected chi connectivity index (χ1v) is 11.6. The van der Waals surface area contributed by atoms with Crippen molar-refractivity contribution in [3.63, 3.8) is 0 Å². The molecule has 8 nitrogen and oxygen atoms in total. The number of nitrogens with two attached hydrogens (primary N) is 1. The van der Waals surface area contributed by atoms with Crippen molar-refractivity contribution >= 4 is 50.9 Å². The van der Waals surface area contributed by atoms with Crippen molar-refractivity contribution in [2.75, 3.05) is 12.4 Å². The van der Waals surface area contributed by atoms with Crippen molar-refractivity contribution in [3.05, 3.63) is 75.5 Å². The summed E-state index contributed by atoms with van der Waals surface area (Å²) in [4.78, 5) is 12.1. The molecule has 168 valence electrons. The number of hydrogen-bond donors (Lipinski definition) is 2. The van der Waals surface area contributed by atoms with Gasteiger partial charge in [-0.3, -0.25) is 4.79 Å². The molecular formula is C21H20Cl2N4O4S. The third-order valence-electron chi connectivity index (χ3n) is 4.49. The highest BCUT2D eigenvalue weighted by atomic mass is 35.5. The number of aryl methyl sites for hydroxylation is 1. The van der Waals surface area contributed by atoms with Gasteiger partial charge < -0.3 is 10.1 Å². The fourth-order valence-electron chi connectivity index (χ4n) is 2.94. The molecule has 1 heterocycles. The van der Waals surface area contributed by atoms with Gasteiger partial charge in [-0.2, -0.15) is 5.10 Å². The Morgan fingerprint density at radius 3 is 2.53 bits per heavy atom. The zero-order valence-corrected chi connectivity index (χ0v) is 19.5. The van der Waals surface area contributed by atoms with E-state index in [1.165, 1.54) is 31.4 Å². The summed E-state index contributed by atoms with van der Waals surface area (Å²) in [5.41, 5.74) is 2.45. The second-order valence-corrected chi connectivity index (χ2v) is 9.13. The van der Waals surface area contributed by atoms with Crippen LogP contribution in [0.4, 0.5) is 5.69 Å². The number of nitrogens with zero attached hydrogens (tertiary/aromatic N) is 2. The molecule has 0 radical (unpaired) electrons. The molecule has 0 saturated carbocycles. The molecule has 11 heteroatoms. The Kier molecular flexibility index (Phi) is 7.25. The predicted molar refractivity (Wildman–Crippen MR) is 125 cm³/mol. The minimum Gasteiger partial charge on any atom is -0.495 e. The van der Waals surface area contributed by atoms with Crippen LogP contribution in [0.2, 0.25) is 10.2 Å². The Balaban J connectivity index is 1.76. The van der Waals surface area contributed by atoms with Crippen LogP contribution in [0.3, 0.4) is 0 Å². The molecule has 3 aromatic rings. The van der Waals surface area contributed by atoms with Gasteiger partial charge in [0.15, 0.2) is 0 Å². The zero-order valence-electron chi connectivity index (χ0n) is 17.2. The van der Waals surface area contributed by atoms with Gasteiger partial charge in [0, 0.05) is 22.3 Å². The van der Waals surface area contributed by atoms with Gasteiger partial charge in [-0.05, 0) is 48.9 Å². The average molecular weight is 495 g/mol. The Labute approximate surface area is 195 Å². The molecule has 0 fully saturated rings. The van der Waals surface area contributed by atoms with Gasteiger partial charge in [-0.15, -0.1) is 0 Å². The topological polar surface area (TPSA) is 116 Å². The molecule has 0 aliphatic rings. The molecule has 0 bridgehead atoms. The van der Waals surface area contributed by atoms with Gasteiger partial charge in [0.2, 0.25) is 15.9 Å². The Morgan fingerprint density at radius 1 is 1.22 bits per heavy atom. The van der Waals surface area contributed by atoms with Crippen LogP contribution in [0, 0.1) is 6.92 Å². The van der Waals surface area contributed by atoms with E-state index in [1.54, 1.807) is 29.8 Å². The molecule has 3 N–H and O–H groups in total. The molecule has 32 heavy (non-hydrogen) atoms. The standard InChI is InChI=1S/C21H20Cl2N4O4S/c1-13-17(21(23)27(26-13)12-14-3-5-15(22)6-4-14)8-10-20(28)25-16-7-9-18(31-2)19(11-16)32(24,29)30/h3-11H,12H2,1-2H3,(H,25,28)(H2,24,29,30)/b10-8+. The van der Waals surface area contributed by atoms with Crippen LogP contribution >= 0.6 is 23.2 Å². The van der Waals surface area contributed by atoms with Crippen LogP contribution < -0.4 is 15.2 Å². The fraction of sp³-hybridized carbons (Fsp3) is 0.143. The first-order valence-electron chi connectivity index (χ1n) is 9.25. The number of halogens is 2. The lowest BCUT2D eigenvalue weighted by Gasteiger charge is -2.09. The largest absolute Gasteiger partial charge is 0.495 e. The van der Waals surface area contributed by atoms with Gasteiger partial charge in [0.05, 0.1) is 19.3 Å². The van der Waals surface area contributed by atoms with E-state index in [1.807, 2.05) is 12.1 Å². The second kappa shape index (κ2) is 9.74. The number of amides is 1. The summed E-state index contributed by atoms with van der Waals surface area (Å²) in [5.74, 6) is -0.409. The van der Waals surface area contributed by atoms with Gasteiger partial charge >= 0.3 is 0 Å². The lowest BCUT2D eigenvalue weighted by atomic mass is 10.2. The van der Waals surface area contributed by atoms with Crippen molar-refractivity contribution in [3.8, 4) is 5.75 Å². The van der Waals surface area contributed by atoms with E-state index >= 15 is 0 Å². The number of sulfonamides is 1. The number of benzene rings is 2. The highest BCUT2D eigenvalue weighted by Gasteiger charge is 2.16. The van der Waals surface area contributed by atoms with Crippen LogP contribution in [0.25, 0.3) is 6.08 Å². The zero-order chi connectivity index (χ0) is 23.5. The maximum Gasteiger partial charge on any atom is 0.248 e. The van der Waals surface area contributed by atoms with Crippen LogP contribution in [0.1, 0.15) is 16.8 Å². The summed E-state index contributed by atoms with van der Waals surface area (Å²) in [6.45, 7) is 2.22. The number of nitrogens with one attached hydrogen (secondary N) is 1. The van der Waals surface area contributed by atoms with Gasteiger partial charge in [0.25, 0.3) is 0 Å². The van der Waals surface area contributed by atoms with E-state index < -0.39 is 15.9 Å². The number of ether oxygens (including phenoxy) is 1. The van der Waals surface area contributed by atoms with Crippen molar-refractivity contribution in [2.45, 2.75) is 18.4 Å². The molecule has 0 atom stereocenters.